The van der Waals surface area contributed by atoms with Gasteiger partial charge in [-0.05, 0) is 18.4 Å². The van der Waals surface area contributed by atoms with E-state index in [1.54, 1.807) is 0 Å². The van der Waals surface area contributed by atoms with Crippen molar-refractivity contribution in [2.24, 2.45) is 5.92 Å². The van der Waals surface area contributed by atoms with Crippen molar-refractivity contribution in [2.45, 2.75) is 31.6 Å². The highest BCUT2D eigenvalue weighted by Crippen LogP contribution is 2.34. The molecule has 1 aliphatic rings. The number of nitro groups is 1. The van der Waals surface area contributed by atoms with Gasteiger partial charge in [0.2, 0.25) is 6.54 Å². The van der Waals surface area contributed by atoms with E-state index in [0.29, 0.717) is 6.42 Å². The number of nitrogens with zero attached hydrogens (tertiary/aromatic N) is 1. The van der Waals surface area contributed by atoms with E-state index >= 15 is 0 Å². The molecule has 2 rings (SSSR count). The minimum atomic E-state index is -0.306. The smallest absolute Gasteiger partial charge is 0.211 e. The van der Waals surface area contributed by atoms with E-state index in [4.69, 9.17) is 0 Å². The van der Waals surface area contributed by atoms with Crippen LogP contribution in [0, 0.1) is 16.0 Å². The van der Waals surface area contributed by atoms with Gasteiger partial charge in [-0.2, -0.15) is 0 Å². The molecule has 0 saturated heterocycles. The van der Waals surface area contributed by atoms with Gasteiger partial charge in [-0.25, -0.2) is 0 Å². The van der Waals surface area contributed by atoms with Crippen LogP contribution in [-0.4, -0.2) is 17.3 Å². The summed E-state index contributed by atoms with van der Waals surface area (Å²) in [6.45, 7) is -0.152. The highest BCUT2D eigenvalue weighted by Gasteiger charge is 2.34. The molecule has 1 aromatic carbocycles. The highest BCUT2D eigenvalue weighted by atomic mass is 16.6. The van der Waals surface area contributed by atoms with Crippen LogP contribution in [0.25, 0.3) is 0 Å². The van der Waals surface area contributed by atoms with Gasteiger partial charge in [0, 0.05) is 17.3 Å². The topological polar surface area (TPSA) is 60.2 Å². The summed E-state index contributed by atoms with van der Waals surface area (Å²) < 4.78 is 0. The Bertz CT molecular complexity index is 430. The summed E-state index contributed by atoms with van der Waals surface area (Å²) >= 11 is 0. The summed E-state index contributed by atoms with van der Waals surface area (Å²) in [7, 11) is 0. The maximum absolute atomic E-state index is 12.0. The van der Waals surface area contributed by atoms with Crippen LogP contribution in [0.1, 0.15) is 37.2 Å². The van der Waals surface area contributed by atoms with Crippen LogP contribution in [0.5, 0.6) is 0 Å². The molecule has 0 heterocycles. The molecule has 1 aliphatic carbocycles. The normalized spacial score (nSPS) is 21.6. The molecule has 0 aliphatic heterocycles. The highest BCUT2D eigenvalue weighted by molar-refractivity contribution is 5.82. The minimum Gasteiger partial charge on any atom is -0.299 e. The summed E-state index contributed by atoms with van der Waals surface area (Å²) in [6, 6.07) is 9.40. The third-order valence-corrected chi connectivity index (χ3v) is 3.66. The largest absolute Gasteiger partial charge is 0.299 e. The molecule has 0 bridgehead atoms. The van der Waals surface area contributed by atoms with Crippen LogP contribution in [0.4, 0.5) is 0 Å². The lowest BCUT2D eigenvalue weighted by Crippen LogP contribution is -2.30. The van der Waals surface area contributed by atoms with Crippen molar-refractivity contribution >= 4 is 5.78 Å². The fourth-order valence-electron chi connectivity index (χ4n) is 2.76. The van der Waals surface area contributed by atoms with Gasteiger partial charge in [0.1, 0.15) is 5.78 Å². The van der Waals surface area contributed by atoms with Crippen LogP contribution in [0.3, 0.4) is 0 Å². The van der Waals surface area contributed by atoms with Crippen LogP contribution < -0.4 is 0 Å². The van der Waals surface area contributed by atoms with Gasteiger partial charge in [-0.3, -0.25) is 14.9 Å². The minimum absolute atomic E-state index is 0.152. The lowest BCUT2D eigenvalue weighted by Gasteiger charge is -2.26. The molecular formula is C14H17NO3. The lowest BCUT2D eigenvalue weighted by molar-refractivity contribution is -0.484. The molecule has 1 aromatic rings. The summed E-state index contributed by atoms with van der Waals surface area (Å²) in [4.78, 5) is 22.5. The summed E-state index contributed by atoms with van der Waals surface area (Å²) in [5, 5.41) is 10.8. The van der Waals surface area contributed by atoms with E-state index in [1.165, 1.54) is 0 Å². The molecule has 96 valence electrons. The van der Waals surface area contributed by atoms with Crippen molar-refractivity contribution in [3.8, 4) is 0 Å². The molecule has 4 heteroatoms. The van der Waals surface area contributed by atoms with Crippen molar-refractivity contribution in [3.05, 3.63) is 46.0 Å². The zero-order valence-corrected chi connectivity index (χ0v) is 10.2. The summed E-state index contributed by atoms with van der Waals surface area (Å²) in [5.41, 5.74) is 0.912. The predicted octanol–water partition coefficient (Wildman–Crippen LogP) is 2.81. The number of ketones is 1. The quantitative estimate of drug-likeness (QED) is 0.607. The number of carbonyl (C=O) groups excluding carboxylic acids is 1. The van der Waals surface area contributed by atoms with Crippen molar-refractivity contribution in [1.82, 2.24) is 0 Å². The zero-order valence-electron chi connectivity index (χ0n) is 10.2. The second-order valence-electron chi connectivity index (χ2n) is 4.85. The fourth-order valence-corrected chi connectivity index (χ4v) is 2.76. The Morgan fingerprint density at radius 1 is 1.28 bits per heavy atom. The van der Waals surface area contributed by atoms with Crippen LogP contribution >= 0.6 is 0 Å². The Morgan fingerprint density at radius 2 is 2.00 bits per heavy atom. The standard InChI is InChI=1S/C14H17NO3/c16-14-9-5-4-8-12(14)13(10-15(17)18)11-6-2-1-3-7-11/h1-3,6-7,12-13H,4-5,8-10H2/t12-,13?/m1/s1. The average Bonchev–Trinajstić information content (AvgIpc) is 2.38. The fraction of sp³-hybridized carbons (Fsp3) is 0.500. The van der Waals surface area contributed by atoms with E-state index in [1.807, 2.05) is 30.3 Å². The summed E-state index contributed by atoms with van der Waals surface area (Å²) in [5.74, 6) is -0.252. The first-order valence-corrected chi connectivity index (χ1v) is 6.38. The van der Waals surface area contributed by atoms with E-state index in [9.17, 15) is 14.9 Å². The van der Waals surface area contributed by atoms with E-state index < -0.39 is 0 Å². The van der Waals surface area contributed by atoms with Crippen LogP contribution in [-0.2, 0) is 4.79 Å². The molecule has 1 unspecified atom stereocenters. The SMILES string of the molecule is O=C1CCCC[C@@H]1C(C[N+](=O)[O-])c1ccccc1. The van der Waals surface area contributed by atoms with Gasteiger partial charge in [0.15, 0.2) is 0 Å². The Labute approximate surface area is 106 Å². The van der Waals surface area contributed by atoms with E-state index in [0.717, 1.165) is 24.8 Å². The van der Waals surface area contributed by atoms with Crippen molar-refractivity contribution in [1.29, 1.82) is 0 Å². The van der Waals surface area contributed by atoms with Gasteiger partial charge in [-0.1, -0.05) is 36.8 Å². The monoisotopic (exact) mass is 247 g/mol. The van der Waals surface area contributed by atoms with Gasteiger partial charge in [0.25, 0.3) is 0 Å². The predicted molar refractivity (Wildman–Crippen MR) is 68.0 cm³/mol. The van der Waals surface area contributed by atoms with Crippen molar-refractivity contribution in [3.63, 3.8) is 0 Å². The first-order valence-electron chi connectivity index (χ1n) is 6.38. The molecule has 0 spiro atoms. The lowest BCUT2D eigenvalue weighted by atomic mass is 9.76. The van der Waals surface area contributed by atoms with Gasteiger partial charge < -0.3 is 0 Å². The van der Waals surface area contributed by atoms with E-state index in [-0.39, 0.29) is 29.1 Å². The molecule has 0 aromatic heterocycles. The molecule has 0 N–H and O–H groups in total. The first-order chi connectivity index (χ1) is 8.68. The molecule has 1 saturated carbocycles. The van der Waals surface area contributed by atoms with Gasteiger partial charge >= 0.3 is 0 Å². The molecule has 0 amide bonds. The number of rotatable bonds is 4. The number of Topliss-reactive ketones (excluding diaryl/α,β-unsaturated/α-hetero) is 1. The second-order valence-corrected chi connectivity index (χ2v) is 4.85. The third kappa shape index (κ3) is 2.94. The molecular weight excluding hydrogens is 230 g/mol. The maximum atomic E-state index is 12.0. The Kier molecular flexibility index (Phi) is 4.07. The Balaban J connectivity index is 2.24. The first kappa shape index (κ1) is 12.7. The molecule has 1 fully saturated rings. The van der Waals surface area contributed by atoms with Gasteiger partial charge in [-0.15, -0.1) is 0 Å². The number of hydrogen-bond acceptors (Lipinski definition) is 3. The van der Waals surface area contributed by atoms with Crippen LogP contribution in [0.15, 0.2) is 30.3 Å². The Hall–Kier alpha value is -1.71. The molecule has 4 nitrogen and oxygen atoms in total. The second kappa shape index (κ2) is 5.76. The average molecular weight is 247 g/mol. The number of hydrogen-bond donors (Lipinski definition) is 0. The summed E-state index contributed by atoms with van der Waals surface area (Å²) in [6.07, 6.45) is 3.28. The molecule has 2 atom stereocenters. The zero-order chi connectivity index (χ0) is 13.0. The third-order valence-electron chi connectivity index (χ3n) is 3.66. The molecule has 18 heavy (non-hydrogen) atoms. The van der Waals surface area contributed by atoms with Gasteiger partial charge in [0.05, 0.1) is 5.92 Å². The maximum Gasteiger partial charge on any atom is 0.211 e. The van der Waals surface area contributed by atoms with E-state index in [2.05, 4.69) is 0 Å². The number of benzene rings is 1. The molecule has 0 radical (unpaired) electrons. The van der Waals surface area contributed by atoms with Crippen molar-refractivity contribution < 1.29 is 9.72 Å². The van der Waals surface area contributed by atoms with Crippen molar-refractivity contribution in [2.75, 3.05) is 6.54 Å². The Morgan fingerprint density at radius 3 is 2.61 bits per heavy atom. The number of carbonyl (C=O) groups is 1. The van der Waals surface area contributed by atoms with Crippen LogP contribution in [0.2, 0.25) is 0 Å².